The van der Waals surface area contributed by atoms with Crippen LogP contribution in [0.5, 0.6) is 0 Å². The third-order valence-electron chi connectivity index (χ3n) is 3.48. The van der Waals surface area contributed by atoms with Gasteiger partial charge in [-0.25, -0.2) is 8.78 Å². The number of pyridine rings is 1. The molecule has 21 heavy (non-hydrogen) atoms. The standard InChI is InChI=1S/C17H20F2N2/c1-4-20-16(17-12(3)7-11(2)10-21-17)8-13-5-6-14(18)9-15(13)19/h5-7,9-10,16,20H,4,8H2,1-3H3. The normalized spacial score (nSPS) is 12.4. The summed E-state index contributed by atoms with van der Waals surface area (Å²) in [6, 6.07) is 5.69. The van der Waals surface area contributed by atoms with Crippen molar-refractivity contribution in [3.8, 4) is 0 Å². The molecule has 0 saturated carbocycles. The zero-order valence-corrected chi connectivity index (χ0v) is 12.6. The quantitative estimate of drug-likeness (QED) is 0.904. The van der Waals surface area contributed by atoms with Crippen LogP contribution in [0.25, 0.3) is 0 Å². The maximum Gasteiger partial charge on any atom is 0.129 e. The maximum absolute atomic E-state index is 13.8. The minimum atomic E-state index is -0.555. The molecule has 1 N–H and O–H groups in total. The second-order valence-electron chi connectivity index (χ2n) is 5.26. The lowest BCUT2D eigenvalue weighted by Gasteiger charge is -2.20. The van der Waals surface area contributed by atoms with E-state index in [4.69, 9.17) is 0 Å². The van der Waals surface area contributed by atoms with E-state index in [0.717, 1.165) is 29.4 Å². The fourth-order valence-electron chi connectivity index (χ4n) is 2.51. The highest BCUT2D eigenvalue weighted by Crippen LogP contribution is 2.22. The monoisotopic (exact) mass is 290 g/mol. The van der Waals surface area contributed by atoms with Crippen molar-refractivity contribution in [3.05, 3.63) is 64.5 Å². The summed E-state index contributed by atoms with van der Waals surface area (Å²) in [6.07, 6.45) is 2.25. The van der Waals surface area contributed by atoms with E-state index in [9.17, 15) is 8.78 Å². The summed E-state index contributed by atoms with van der Waals surface area (Å²) in [5, 5.41) is 3.33. The molecule has 2 nitrogen and oxygen atoms in total. The Balaban J connectivity index is 2.30. The first-order valence-electron chi connectivity index (χ1n) is 7.11. The summed E-state index contributed by atoms with van der Waals surface area (Å²) in [7, 11) is 0. The Bertz CT molecular complexity index is 626. The molecule has 2 rings (SSSR count). The first-order valence-corrected chi connectivity index (χ1v) is 7.11. The summed E-state index contributed by atoms with van der Waals surface area (Å²) >= 11 is 0. The number of likely N-dealkylation sites (N-methyl/N-ethyl adjacent to an activating group) is 1. The molecule has 0 radical (unpaired) electrons. The van der Waals surface area contributed by atoms with Gasteiger partial charge >= 0.3 is 0 Å². The van der Waals surface area contributed by atoms with Gasteiger partial charge in [-0.2, -0.15) is 0 Å². The van der Waals surface area contributed by atoms with E-state index in [0.29, 0.717) is 12.0 Å². The lowest BCUT2D eigenvalue weighted by atomic mass is 9.99. The largest absolute Gasteiger partial charge is 0.309 e. The molecule has 0 bridgehead atoms. The molecule has 0 saturated heterocycles. The zero-order chi connectivity index (χ0) is 15.4. The van der Waals surface area contributed by atoms with Crippen molar-refractivity contribution in [2.75, 3.05) is 6.54 Å². The number of hydrogen-bond donors (Lipinski definition) is 1. The smallest absolute Gasteiger partial charge is 0.129 e. The van der Waals surface area contributed by atoms with Crippen molar-refractivity contribution in [1.29, 1.82) is 0 Å². The van der Waals surface area contributed by atoms with Crippen LogP contribution >= 0.6 is 0 Å². The molecule has 1 heterocycles. The highest BCUT2D eigenvalue weighted by molar-refractivity contribution is 5.28. The van der Waals surface area contributed by atoms with Crippen LogP contribution in [0.15, 0.2) is 30.5 Å². The van der Waals surface area contributed by atoms with E-state index in [-0.39, 0.29) is 6.04 Å². The van der Waals surface area contributed by atoms with E-state index in [1.807, 2.05) is 27.0 Å². The highest BCUT2D eigenvalue weighted by Gasteiger charge is 2.17. The molecule has 112 valence electrons. The Morgan fingerprint density at radius 3 is 2.57 bits per heavy atom. The van der Waals surface area contributed by atoms with Crippen molar-refractivity contribution >= 4 is 0 Å². The Morgan fingerprint density at radius 2 is 1.95 bits per heavy atom. The fourth-order valence-corrected chi connectivity index (χ4v) is 2.51. The van der Waals surface area contributed by atoms with Gasteiger partial charge in [0, 0.05) is 12.3 Å². The van der Waals surface area contributed by atoms with Gasteiger partial charge in [0.1, 0.15) is 11.6 Å². The number of halogens is 2. The second kappa shape index (κ2) is 6.76. The van der Waals surface area contributed by atoms with Crippen molar-refractivity contribution in [1.82, 2.24) is 10.3 Å². The number of nitrogens with zero attached hydrogens (tertiary/aromatic N) is 1. The van der Waals surface area contributed by atoms with Crippen LogP contribution in [0.3, 0.4) is 0 Å². The van der Waals surface area contributed by atoms with Crippen LogP contribution < -0.4 is 5.32 Å². The molecular formula is C17H20F2N2. The summed E-state index contributed by atoms with van der Waals surface area (Å²) in [4.78, 5) is 4.48. The van der Waals surface area contributed by atoms with Gasteiger partial charge in [-0.1, -0.05) is 19.1 Å². The average molecular weight is 290 g/mol. The third kappa shape index (κ3) is 3.85. The predicted molar refractivity (Wildman–Crippen MR) is 80.2 cm³/mol. The van der Waals surface area contributed by atoms with Gasteiger partial charge in [-0.15, -0.1) is 0 Å². The Labute approximate surface area is 124 Å². The highest BCUT2D eigenvalue weighted by atomic mass is 19.1. The topological polar surface area (TPSA) is 24.9 Å². The van der Waals surface area contributed by atoms with Crippen molar-refractivity contribution in [3.63, 3.8) is 0 Å². The Kier molecular flexibility index (Phi) is 5.02. The van der Waals surface area contributed by atoms with E-state index < -0.39 is 11.6 Å². The molecule has 0 aliphatic carbocycles. The van der Waals surface area contributed by atoms with Crippen molar-refractivity contribution < 1.29 is 8.78 Å². The number of aromatic nitrogens is 1. The predicted octanol–water partition coefficient (Wildman–Crippen LogP) is 3.87. The number of nitrogens with one attached hydrogen (secondary N) is 1. The van der Waals surface area contributed by atoms with Gasteiger partial charge in [0.25, 0.3) is 0 Å². The van der Waals surface area contributed by atoms with E-state index in [2.05, 4.69) is 16.4 Å². The van der Waals surface area contributed by atoms with Gasteiger partial charge in [0.05, 0.1) is 11.7 Å². The summed E-state index contributed by atoms with van der Waals surface area (Å²) < 4.78 is 26.8. The van der Waals surface area contributed by atoms with Crippen molar-refractivity contribution in [2.45, 2.75) is 33.2 Å². The van der Waals surface area contributed by atoms with Gasteiger partial charge in [0.15, 0.2) is 0 Å². The number of rotatable bonds is 5. The van der Waals surface area contributed by atoms with Crippen LogP contribution in [0.1, 0.15) is 35.3 Å². The van der Waals surface area contributed by atoms with Crippen LogP contribution in [0.2, 0.25) is 0 Å². The molecule has 1 atom stereocenters. The molecule has 0 aliphatic heterocycles. The lowest BCUT2D eigenvalue weighted by molar-refractivity contribution is 0.510. The SMILES string of the molecule is CCNC(Cc1ccc(F)cc1F)c1ncc(C)cc1C. The van der Waals surface area contributed by atoms with Crippen LogP contribution in [0, 0.1) is 25.5 Å². The molecule has 0 spiro atoms. The molecule has 4 heteroatoms. The van der Waals surface area contributed by atoms with Crippen LogP contribution in [0.4, 0.5) is 8.78 Å². The molecule has 0 fully saturated rings. The van der Waals surface area contributed by atoms with Gasteiger partial charge < -0.3 is 5.32 Å². The number of hydrogen-bond acceptors (Lipinski definition) is 2. The summed E-state index contributed by atoms with van der Waals surface area (Å²) in [5.41, 5.74) is 3.57. The van der Waals surface area contributed by atoms with Crippen molar-refractivity contribution in [2.24, 2.45) is 0 Å². The van der Waals surface area contributed by atoms with Crippen LogP contribution in [-0.2, 0) is 6.42 Å². The lowest BCUT2D eigenvalue weighted by Crippen LogP contribution is -2.25. The molecular weight excluding hydrogens is 270 g/mol. The summed E-state index contributed by atoms with van der Waals surface area (Å²) in [6.45, 7) is 6.74. The minimum absolute atomic E-state index is 0.0874. The molecule has 1 aromatic heterocycles. The van der Waals surface area contributed by atoms with Crippen LogP contribution in [-0.4, -0.2) is 11.5 Å². The molecule has 2 aromatic rings. The molecule has 1 unspecified atom stereocenters. The fraction of sp³-hybridized carbons (Fsp3) is 0.353. The number of aryl methyl sites for hydroxylation is 2. The summed E-state index contributed by atoms with van der Waals surface area (Å²) in [5.74, 6) is -1.07. The first-order chi connectivity index (χ1) is 10.0. The third-order valence-corrected chi connectivity index (χ3v) is 3.48. The van der Waals surface area contributed by atoms with E-state index in [1.54, 1.807) is 0 Å². The zero-order valence-electron chi connectivity index (χ0n) is 12.6. The van der Waals surface area contributed by atoms with E-state index in [1.165, 1.54) is 12.1 Å². The average Bonchev–Trinajstić information content (AvgIpc) is 2.41. The molecule has 0 amide bonds. The van der Waals surface area contributed by atoms with Gasteiger partial charge in [-0.3, -0.25) is 4.98 Å². The number of benzene rings is 1. The van der Waals surface area contributed by atoms with Gasteiger partial charge in [0.2, 0.25) is 0 Å². The Morgan fingerprint density at radius 1 is 1.19 bits per heavy atom. The maximum atomic E-state index is 13.8. The Hall–Kier alpha value is -1.81. The molecule has 1 aromatic carbocycles. The minimum Gasteiger partial charge on any atom is -0.309 e. The van der Waals surface area contributed by atoms with Gasteiger partial charge in [-0.05, 0) is 49.6 Å². The molecule has 0 aliphatic rings. The van der Waals surface area contributed by atoms with E-state index >= 15 is 0 Å². The first kappa shape index (κ1) is 15.6. The second-order valence-corrected chi connectivity index (χ2v) is 5.26.